The zero-order valence-corrected chi connectivity index (χ0v) is 14.9. The molecule has 1 fully saturated rings. The second-order valence-electron chi connectivity index (χ2n) is 6.88. The van der Waals surface area contributed by atoms with Crippen LogP contribution in [0.15, 0.2) is 48.8 Å². The van der Waals surface area contributed by atoms with Gasteiger partial charge in [-0.25, -0.2) is 4.98 Å². The van der Waals surface area contributed by atoms with E-state index in [0.717, 1.165) is 30.4 Å². The summed E-state index contributed by atoms with van der Waals surface area (Å²) in [5.74, 6) is 0.0642. The van der Waals surface area contributed by atoms with Crippen LogP contribution in [-0.4, -0.2) is 38.6 Å². The Labute approximate surface area is 152 Å². The number of likely N-dealkylation sites (tertiary alicyclic amines) is 1. The molecule has 0 saturated carbocycles. The summed E-state index contributed by atoms with van der Waals surface area (Å²) in [6, 6.07) is 14.1. The number of carbonyl (C=O) groups excluding carboxylic acids is 1. The van der Waals surface area contributed by atoms with Gasteiger partial charge in [0.05, 0.1) is 30.0 Å². The number of rotatable bonds is 4. The number of benzene rings is 2. The molecule has 1 aliphatic rings. The van der Waals surface area contributed by atoms with Gasteiger partial charge < -0.3 is 14.6 Å². The van der Waals surface area contributed by atoms with Gasteiger partial charge >= 0.3 is 0 Å². The van der Waals surface area contributed by atoms with Crippen molar-refractivity contribution in [2.45, 2.75) is 32.4 Å². The number of nitrogens with zero attached hydrogens (tertiary/aromatic N) is 3. The van der Waals surface area contributed by atoms with E-state index >= 15 is 0 Å². The van der Waals surface area contributed by atoms with Crippen LogP contribution in [0.25, 0.3) is 11.0 Å². The van der Waals surface area contributed by atoms with Crippen LogP contribution in [0.2, 0.25) is 0 Å². The minimum Gasteiger partial charge on any atom is -0.395 e. The Balaban J connectivity index is 1.64. The smallest absolute Gasteiger partial charge is 0.254 e. The molecule has 5 nitrogen and oxygen atoms in total. The summed E-state index contributed by atoms with van der Waals surface area (Å²) in [5.41, 5.74) is 4.87. The maximum atomic E-state index is 13.2. The van der Waals surface area contributed by atoms with Crippen molar-refractivity contribution in [3.63, 3.8) is 0 Å². The second kappa shape index (κ2) is 6.92. The number of hydrogen-bond acceptors (Lipinski definition) is 3. The summed E-state index contributed by atoms with van der Waals surface area (Å²) in [6.07, 6.45) is 3.74. The molecule has 0 radical (unpaired) electrons. The number of hydrogen-bond donors (Lipinski definition) is 1. The van der Waals surface area contributed by atoms with E-state index in [2.05, 4.69) is 24.0 Å². The molecule has 1 aliphatic heterocycles. The number of amides is 1. The summed E-state index contributed by atoms with van der Waals surface area (Å²) >= 11 is 0. The topological polar surface area (TPSA) is 58.4 Å². The summed E-state index contributed by atoms with van der Waals surface area (Å²) in [5, 5.41) is 9.13. The fraction of sp³-hybridized carbons (Fsp3) is 0.333. The van der Waals surface area contributed by atoms with E-state index in [1.54, 1.807) is 6.33 Å². The monoisotopic (exact) mass is 349 g/mol. The number of aliphatic hydroxyl groups is 1. The first-order valence-corrected chi connectivity index (χ1v) is 9.11. The van der Waals surface area contributed by atoms with Crippen LogP contribution in [-0.2, 0) is 6.54 Å². The van der Waals surface area contributed by atoms with E-state index in [1.165, 1.54) is 11.1 Å². The molecule has 1 aromatic heterocycles. The second-order valence-corrected chi connectivity index (χ2v) is 6.88. The number of aryl methyl sites for hydroxylation is 1. The van der Waals surface area contributed by atoms with E-state index in [9.17, 15) is 4.79 Å². The van der Waals surface area contributed by atoms with Crippen molar-refractivity contribution in [2.75, 3.05) is 13.2 Å². The van der Waals surface area contributed by atoms with Crippen molar-refractivity contribution in [3.05, 3.63) is 65.5 Å². The molecular weight excluding hydrogens is 326 g/mol. The first-order chi connectivity index (χ1) is 12.7. The number of carbonyl (C=O) groups is 1. The van der Waals surface area contributed by atoms with Gasteiger partial charge in [0.2, 0.25) is 0 Å². The van der Waals surface area contributed by atoms with Crippen molar-refractivity contribution in [1.29, 1.82) is 0 Å². The molecule has 1 atom stereocenters. The minimum atomic E-state index is 0.0642. The highest BCUT2D eigenvalue weighted by Gasteiger charge is 2.31. The molecule has 1 amide bonds. The highest BCUT2D eigenvalue weighted by Crippen LogP contribution is 2.34. The first kappa shape index (κ1) is 16.8. The fourth-order valence-corrected chi connectivity index (χ4v) is 3.94. The van der Waals surface area contributed by atoms with Gasteiger partial charge in [-0.1, -0.05) is 24.3 Å². The molecule has 26 heavy (non-hydrogen) atoms. The minimum absolute atomic E-state index is 0.0642. The van der Waals surface area contributed by atoms with Crippen LogP contribution in [0.1, 0.15) is 40.4 Å². The Morgan fingerprint density at radius 2 is 2.12 bits per heavy atom. The number of aliphatic hydroxyl groups excluding tert-OH is 1. The summed E-state index contributed by atoms with van der Waals surface area (Å²) in [6.45, 7) is 3.47. The van der Waals surface area contributed by atoms with Gasteiger partial charge in [0.25, 0.3) is 5.91 Å². The van der Waals surface area contributed by atoms with Crippen molar-refractivity contribution in [3.8, 4) is 0 Å². The molecule has 0 aliphatic carbocycles. The fourth-order valence-electron chi connectivity index (χ4n) is 3.94. The predicted molar refractivity (Wildman–Crippen MR) is 101 cm³/mol. The molecule has 134 valence electrons. The van der Waals surface area contributed by atoms with Crippen molar-refractivity contribution in [2.24, 2.45) is 0 Å². The largest absolute Gasteiger partial charge is 0.395 e. The third-order valence-corrected chi connectivity index (χ3v) is 5.27. The van der Waals surface area contributed by atoms with Crippen LogP contribution in [0.3, 0.4) is 0 Å². The van der Waals surface area contributed by atoms with Crippen LogP contribution >= 0.6 is 0 Å². The number of aromatic nitrogens is 2. The quantitative estimate of drug-likeness (QED) is 0.786. The molecular formula is C21H23N3O2. The molecule has 4 rings (SSSR count). The lowest BCUT2D eigenvalue weighted by Gasteiger charge is -2.26. The molecule has 0 spiro atoms. The van der Waals surface area contributed by atoms with E-state index < -0.39 is 0 Å². The average Bonchev–Trinajstić information content (AvgIpc) is 3.29. The lowest BCUT2D eigenvalue weighted by molar-refractivity contribution is 0.0735. The van der Waals surface area contributed by atoms with Crippen LogP contribution in [0.5, 0.6) is 0 Å². The average molecular weight is 349 g/mol. The number of fused-ring (bicyclic) bond motifs is 1. The third kappa shape index (κ3) is 2.88. The predicted octanol–water partition coefficient (Wildman–Crippen LogP) is 3.31. The molecule has 5 heteroatoms. The van der Waals surface area contributed by atoms with E-state index in [4.69, 9.17) is 5.11 Å². The van der Waals surface area contributed by atoms with Gasteiger partial charge in [-0.15, -0.1) is 0 Å². The van der Waals surface area contributed by atoms with Gasteiger partial charge in [0, 0.05) is 18.7 Å². The standard InChI is InChI=1S/C21H23N3O2/c1-15-5-2-3-6-17(15)19-7-4-10-24(19)21(26)16-8-9-20-18(13-16)22-14-23(20)11-12-25/h2-3,5-6,8-9,13-14,19,25H,4,7,10-12H2,1H3/t19-/m1/s1. The van der Waals surface area contributed by atoms with Gasteiger partial charge in [-0.2, -0.15) is 0 Å². The Bertz CT molecular complexity index is 947. The highest BCUT2D eigenvalue weighted by molar-refractivity contribution is 5.97. The summed E-state index contributed by atoms with van der Waals surface area (Å²) < 4.78 is 1.90. The molecule has 0 unspecified atom stereocenters. The molecule has 2 heterocycles. The Morgan fingerprint density at radius 1 is 1.27 bits per heavy atom. The van der Waals surface area contributed by atoms with Crippen molar-refractivity contribution >= 4 is 16.9 Å². The van der Waals surface area contributed by atoms with E-state index in [0.29, 0.717) is 12.1 Å². The third-order valence-electron chi connectivity index (χ3n) is 5.27. The van der Waals surface area contributed by atoms with Crippen LogP contribution in [0.4, 0.5) is 0 Å². The van der Waals surface area contributed by atoms with Gasteiger partial charge in [-0.05, 0) is 49.1 Å². The summed E-state index contributed by atoms with van der Waals surface area (Å²) in [4.78, 5) is 19.5. The van der Waals surface area contributed by atoms with Gasteiger partial charge in [0.15, 0.2) is 0 Å². The molecule has 1 N–H and O–H groups in total. The zero-order valence-electron chi connectivity index (χ0n) is 14.9. The molecule has 0 bridgehead atoms. The number of imidazole rings is 1. The lowest BCUT2D eigenvalue weighted by Crippen LogP contribution is -2.30. The molecule has 3 aromatic rings. The zero-order chi connectivity index (χ0) is 18.1. The normalized spacial score (nSPS) is 17.2. The lowest BCUT2D eigenvalue weighted by atomic mass is 9.99. The van der Waals surface area contributed by atoms with Crippen molar-refractivity contribution < 1.29 is 9.90 Å². The Hall–Kier alpha value is -2.66. The van der Waals surface area contributed by atoms with Gasteiger partial charge in [-0.3, -0.25) is 4.79 Å². The van der Waals surface area contributed by atoms with E-state index in [-0.39, 0.29) is 18.6 Å². The molecule has 1 saturated heterocycles. The maximum Gasteiger partial charge on any atom is 0.254 e. The van der Waals surface area contributed by atoms with Crippen LogP contribution in [0, 0.1) is 6.92 Å². The Morgan fingerprint density at radius 3 is 2.92 bits per heavy atom. The Kier molecular flexibility index (Phi) is 4.47. The highest BCUT2D eigenvalue weighted by atomic mass is 16.3. The molecule has 2 aromatic carbocycles. The van der Waals surface area contributed by atoms with Crippen LogP contribution < -0.4 is 0 Å². The first-order valence-electron chi connectivity index (χ1n) is 9.11. The van der Waals surface area contributed by atoms with E-state index in [1.807, 2.05) is 39.8 Å². The maximum absolute atomic E-state index is 13.2. The SMILES string of the molecule is Cc1ccccc1[C@H]1CCCN1C(=O)c1ccc2c(c1)ncn2CCO. The van der Waals surface area contributed by atoms with Crippen molar-refractivity contribution in [1.82, 2.24) is 14.5 Å². The summed E-state index contributed by atoms with van der Waals surface area (Å²) in [7, 11) is 0. The van der Waals surface area contributed by atoms with Gasteiger partial charge in [0.1, 0.15) is 0 Å².